The smallest absolute Gasteiger partial charge is 0.295 e. The van der Waals surface area contributed by atoms with Crippen molar-refractivity contribution in [3.05, 3.63) is 57.7 Å². The quantitative estimate of drug-likeness (QED) is 0.242. The van der Waals surface area contributed by atoms with Gasteiger partial charge in [-0.25, -0.2) is 0 Å². The van der Waals surface area contributed by atoms with Gasteiger partial charge >= 0.3 is 0 Å². The predicted octanol–water partition coefficient (Wildman–Crippen LogP) is 6.46. The van der Waals surface area contributed by atoms with Crippen molar-refractivity contribution in [3.8, 4) is 5.88 Å². The molecule has 2 aromatic carbocycles. The van der Waals surface area contributed by atoms with Crippen LogP contribution in [0.5, 0.6) is 5.88 Å². The number of azo groups is 1. The lowest BCUT2D eigenvalue weighted by molar-refractivity contribution is 0.0995. The number of halogens is 1. The van der Waals surface area contributed by atoms with Crippen LogP contribution in [-0.4, -0.2) is 15.6 Å². The van der Waals surface area contributed by atoms with Gasteiger partial charge in [-0.1, -0.05) is 56.5 Å². The van der Waals surface area contributed by atoms with Crippen LogP contribution in [0.3, 0.4) is 0 Å². The minimum Gasteiger partial charge on any atom is -0.493 e. The van der Waals surface area contributed by atoms with Crippen LogP contribution in [0.1, 0.15) is 43.0 Å². The van der Waals surface area contributed by atoms with E-state index in [-0.39, 0.29) is 5.88 Å². The molecule has 0 aliphatic rings. The van der Waals surface area contributed by atoms with Gasteiger partial charge in [0.2, 0.25) is 5.88 Å². The number of carbonyl (C=O) groups excluding carboxylic acids is 1. The molecule has 3 rings (SSSR count). The van der Waals surface area contributed by atoms with E-state index in [9.17, 15) is 9.90 Å². The first-order valence-corrected chi connectivity index (χ1v) is 10.2. The number of hydrogen-bond acceptors (Lipinski definition) is 3. The van der Waals surface area contributed by atoms with Crippen molar-refractivity contribution in [1.29, 1.82) is 0 Å². The van der Waals surface area contributed by atoms with Crippen molar-refractivity contribution in [2.45, 2.75) is 39.2 Å². The highest BCUT2D eigenvalue weighted by atomic mass is 127. The minimum atomic E-state index is -0.426. The van der Waals surface area contributed by atoms with Crippen LogP contribution in [0.15, 0.2) is 58.8 Å². The number of nitrogens with zero attached hydrogens (tertiary/aromatic N) is 3. The maximum absolute atomic E-state index is 12.2. The fourth-order valence-electron chi connectivity index (χ4n) is 3.08. The Kier molecular flexibility index (Phi) is 6.60. The lowest BCUT2D eigenvalue weighted by Gasteiger charge is -2.07. The molecule has 1 amide bonds. The summed E-state index contributed by atoms with van der Waals surface area (Å²) in [6.45, 7) is 2.89. The van der Waals surface area contributed by atoms with Crippen molar-refractivity contribution < 1.29 is 9.90 Å². The topological polar surface area (TPSA) is 66.9 Å². The molecular weight excluding hydrogens is 453 g/mol. The highest BCUT2D eigenvalue weighted by Gasteiger charge is 2.18. The van der Waals surface area contributed by atoms with Gasteiger partial charge in [0, 0.05) is 21.1 Å². The molecule has 0 atom stereocenters. The molecule has 3 aromatic rings. The third kappa shape index (κ3) is 4.37. The monoisotopic (exact) mass is 475 g/mol. The Labute approximate surface area is 172 Å². The fourth-order valence-corrected chi connectivity index (χ4v) is 3.87. The van der Waals surface area contributed by atoms with Gasteiger partial charge in [0.05, 0.1) is 5.52 Å². The van der Waals surface area contributed by atoms with Crippen LogP contribution >= 0.6 is 22.6 Å². The molecule has 1 aromatic heterocycles. The van der Waals surface area contributed by atoms with E-state index in [4.69, 9.17) is 0 Å². The van der Waals surface area contributed by atoms with Crippen LogP contribution in [0.2, 0.25) is 0 Å². The summed E-state index contributed by atoms with van der Waals surface area (Å²) in [7, 11) is 0. The normalized spacial score (nSPS) is 11.5. The van der Waals surface area contributed by atoms with Crippen LogP contribution in [0.25, 0.3) is 10.9 Å². The Morgan fingerprint density at radius 2 is 1.85 bits per heavy atom. The Morgan fingerprint density at radius 3 is 2.59 bits per heavy atom. The molecule has 0 spiro atoms. The van der Waals surface area contributed by atoms with Gasteiger partial charge in [-0.2, -0.15) is 0 Å². The number of aryl methyl sites for hydroxylation is 1. The number of fused-ring (bicyclic) bond motifs is 1. The largest absolute Gasteiger partial charge is 0.493 e. The SMILES string of the molecule is CCCCCCn1c(O)c(N=NC(=O)c2ccccc2)c2cccc(I)c21. The van der Waals surface area contributed by atoms with Crippen LogP contribution in [0, 0.1) is 3.57 Å². The van der Waals surface area contributed by atoms with Gasteiger partial charge in [0.1, 0.15) is 0 Å². The Morgan fingerprint density at radius 1 is 1.07 bits per heavy atom. The molecule has 6 heteroatoms. The molecule has 0 saturated heterocycles. The van der Waals surface area contributed by atoms with Crippen molar-refractivity contribution in [2.24, 2.45) is 10.2 Å². The first kappa shape index (κ1) is 19.5. The van der Waals surface area contributed by atoms with E-state index in [1.807, 2.05) is 28.8 Å². The summed E-state index contributed by atoms with van der Waals surface area (Å²) < 4.78 is 2.92. The van der Waals surface area contributed by atoms with Gasteiger partial charge < -0.3 is 9.67 Å². The summed E-state index contributed by atoms with van der Waals surface area (Å²) in [5, 5.41) is 19.5. The van der Waals surface area contributed by atoms with E-state index in [2.05, 4.69) is 39.7 Å². The van der Waals surface area contributed by atoms with Crippen molar-refractivity contribution in [3.63, 3.8) is 0 Å². The zero-order chi connectivity index (χ0) is 19.2. The number of benzene rings is 2. The lowest BCUT2D eigenvalue weighted by atomic mass is 10.2. The summed E-state index contributed by atoms with van der Waals surface area (Å²) in [6, 6.07) is 14.6. The fraction of sp³-hybridized carbons (Fsp3) is 0.286. The number of aromatic hydroxyl groups is 1. The molecule has 27 heavy (non-hydrogen) atoms. The maximum atomic E-state index is 12.2. The molecule has 5 nitrogen and oxygen atoms in total. The molecule has 0 unspecified atom stereocenters. The van der Waals surface area contributed by atoms with Gasteiger partial charge in [0.15, 0.2) is 5.69 Å². The van der Waals surface area contributed by atoms with Gasteiger partial charge in [-0.05, 0) is 47.2 Å². The molecule has 0 fully saturated rings. The third-order valence-electron chi connectivity index (χ3n) is 4.48. The van der Waals surface area contributed by atoms with Crippen LogP contribution < -0.4 is 0 Å². The number of para-hydroxylation sites is 1. The second-order valence-corrected chi connectivity index (χ2v) is 7.55. The van der Waals surface area contributed by atoms with Crippen LogP contribution in [0.4, 0.5) is 5.69 Å². The lowest BCUT2D eigenvalue weighted by Crippen LogP contribution is -1.98. The Hall–Kier alpha value is -2.22. The zero-order valence-corrected chi connectivity index (χ0v) is 17.4. The molecular formula is C21H22IN3O2. The van der Waals surface area contributed by atoms with Crippen molar-refractivity contribution in [2.75, 3.05) is 0 Å². The Balaban J connectivity index is 1.95. The minimum absolute atomic E-state index is 0.0650. The molecule has 1 heterocycles. The van der Waals surface area contributed by atoms with Crippen molar-refractivity contribution in [1.82, 2.24) is 4.57 Å². The number of carbonyl (C=O) groups is 1. The summed E-state index contributed by atoms with van der Waals surface area (Å²) >= 11 is 2.26. The summed E-state index contributed by atoms with van der Waals surface area (Å²) in [6.07, 6.45) is 4.43. The number of unbranched alkanes of at least 4 members (excludes halogenated alkanes) is 3. The van der Waals surface area contributed by atoms with Gasteiger partial charge in [-0.3, -0.25) is 4.79 Å². The summed E-state index contributed by atoms with van der Waals surface area (Å²) in [5.74, 6) is -0.361. The molecule has 140 valence electrons. The second kappa shape index (κ2) is 9.12. The molecule has 0 saturated carbocycles. The molecule has 0 aliphatic carbocycles. The standard InChI is InChI=1S/C21H22IN3O2/c1-2-3-4-8-14-25-19-16(12-9-13-17(19)22)18(21(25)27)23-24-20(26)15-10-6-5-7-11-15/h5-7,9-13,27H,2-4,8,14H2,1H3. The average Bonchev–Trinajstić information content (AvgIpc) is 2.96. The predicted molar refractivity (Wildman–Crippen MR) is 116 cm³/mol. The molecule has 0 bridgehead atoms. The molecule has 0 radical (unpaired) electrons. The number of aromatic nitrogens is 1. The first-order valence-electron chi connectivity index (χ1n) is 9.14. The number of hydrogen-bond donors (Lipinski definition) is 1. The zero-order valence-electron chi connectivity index (χ0n) is 15.2. The van der Waals surface area contributed by atoms with E-state index >= 15 is 0 Å². The van der Waals surface area contributed by atoms with E-state index in [0.29, 0.717) is 17.8 Å². The summed E-state index contributed by atoms with van der Waals surface area (Å²) in [4.78, 5) is 12.2. The van der Waals surface area contributed by atoms with Gasteiger partial charge in [0.25, 0.3) is 5.91 Å². The first-order chi connectivity index (χ1) is 13.1. The van der Waals surface area contributed by atoms with Crippen molar-refractivity contribution >= 4 is 45.1 Å². The third-order valence-corrected chi connectivity index (χ3v) is 5.35. The van der Waals surface area contributed by atoms with E-state index in [1.165, 1.54) is 6.42 Å². The molecule has 0 aliphatic heterocycles. The average molecular weight is 475 g/mol. The summed E-state index contributed by atoms with van der Waals surface area (Å²) in [5.41, 5.74) is 1.76. The van der Waals surface area contributed by atoms with E-state index < -0.39 is 5.91 Å². The van der Waals surface area contributed by atoms with Crippen LogP contribution in [-0.2, 0) is 6.54 Å². The Bertz CT molecular complexity index is 964. The second-order valence-electron chi connectivity index (χ2n) is 6.39. The number of rotatable bonds is 7. The number of amides is 1. The maximum Gasteiger partial charge on any atom is 0.295 e. The van der Waals surface area contributed by atoms with Gasteiger partial charge in [-0.15, -0.1) is 10.2 Å². The molecule has 1 N–H and O–H groups in total. The highest BCUT2D eigenvalue weighted by Crippen LogP contribution is 2.40. The van der Waals surface area contributed by atoms with E-state index in [1.54, 1.807) is 24.3 Å². The van der Waals surface area contributed by atoms with E-state index in [0.717, 1.165) is 33.7 Å². The highest BCUT2D eigenvalue weighted by molar-refractivity contribution is 14.1.